The van der Waals surface area contributed by atoms with Gasteiger partial charge in [0.25, 0.3) is 11.8 Å². The van der Waals surface area contributed by atoms with E-state index in [9.17, 15) is 24.0 Å². The fourth-order valence-corrected chi connectivity index (χ4v) is 3.13. The molecule has 0 bridgehead atoms. The predicted octanol–water partition coefficient (Wildman–Crippen LogP) is 1.36. The van der Waals surface area contributed by atoms with Gasteiger partial charge in [-0.15, -0.1) is 0 Å². The Hall–Kier alpha value is -2.93. The van der Waals surface area contributed by atoms with E-state index in [0.717, 1.165) is 0 Å². The van der Waals surface area contributed by atoms with Crippen LogP contribution in [0, 0.1) is 0 Å². The van der Waals surface area contributed by atoms with E-state index in [4.69, 9.17) is 23.7 Å². The zero-order chi connectivity index (χ0) is 30.0. The molecule has 1 saturated heterocycles. The van der Waals surface area contributed by atoms with Crippen molar-refractivity contribution in [2.24, 2.45) is 0 Å². The lowest BCUT2D eigenvalue weighted by Crippen LogP contribution is -2.51. The number of hydrogen-bond donors (Lipinski definition) is 3. The Balaban J connectivity index is 3.18. The molecule has 0 aromatic heterocycles. The molecule has 13 heteroatoms. The van der Waals surface area contributed by atoms with Crippen LogP contribution in [0.25, 0.3) is 0 Å². The zero-order valence-corrected chi connectivity index (χ0v) is 24.6. The van der Waals surface area contributed by atoms with Gasteiger partial charge < -0.3 is 39.6 Å². The topological polar surface area (TPSA) is 168 Å². The van der Waals surface area contributed by atoms with E-state index in [1.807, 2.05) is 0 Å². The van der Waals surface area contributed by atoms with Gasteiger partial charge in [-0.05, 0) is 68.7 Å². The molecule has 0 radical (unpaired) electrons. The molecule has 3 N–H and O–H groups in total. The van der Waals surface area contributed by atoms with E-state index in [-0.39, 0.29) is 39.3 Å². The third-order valence-electron chi connectivity index (χ3n) is 4.64. The number of carbonyl (C=O) groups excluding carboxylic acids is 5. The van der Waals surface area contributed by atoms with Gasteiger partial charge in [0.05, 0.1) is 26.4 Å². The molecule has 13 nitrogen and oxygen atoms in total. The maximum atomic E-state index is 13.1. The van der Waals surface area contributed by atoms with Crippen molar-refractivity contribution in [1.82, 2.24) is 16.0 Å². The van der Waals surface area contributed by atoms with Crippen LogP contribution in [0.5, 0.6) is 0 Å². The average molecular weight is 560 g/mol. The Morgan fingerprint density at radius 3 is 1.67 bits per heavy atom. The molecule has 1 rings (SSSR count). The number of alkyl carbamates (subject to hydrolysis) is 1. The Morgan fingerprint density at radius 2 is 1.23 bits per heavy atom. The van der Waals surface area contributed by atoms with Gasteiger partial charge >= 0.3 is 18.0 Å². The summed E-state index contributed by atoms with van der Waals surface area (Å²) in [5.41, 5.74) is -2.06. The van der Waals surface area contributed by atoms with E-state index in [1.54, 1.807) is 62.3 Å². The van der Waals surface area contributed by atoms with Crippen molar-refractivity contribution in [2.75, 3.05) is 26.4 Å². The first-order valence-electron chi connectivity index (χ1n) is 12.9. The molecular formula is C26H45N3O10. The number of esters is 2. The molecule has 3 atom stereocenters. The van der Waals surface area contributed by atoms with E-state index in [1.165, 1.54) is 0 Å². The van der Waals surface area contributed by atoms with Gasteiger partial charge in [-0.25, -0.2) is 9.59 Å². The molecule has 1 aliphatic heterocycles. The number of carbonyl (C=O) groups is 5. The van der Waals surface area contributed by atoms with Crippen LogP contribution in [0.3, 0.4) is 0 Å². The van der Waals surface area contributed by atoms with E-state index in [0.29, 0.717) is 0 Å². The largest absolute Gasteiger partial charge is 0.450 e. The van der Waals surface area contributed by atoms with Crippen molar-refractivity contribution in [1.29, 1.82) is 0 Å². The molecule has 0 spiro atoms. The summed E-state index contributed by atoms with van der Waals surface area (Å²) in [5.74, 6) is -2.93. The van der Waals surface area contributed by atoms with Crippen LogP contribution in [0.4, 0.5) is 4.79 Å². The van der Waals surface area contributed by atoms with Crippen molar-refractivity contribution < 1.29 is 47.7 Å². The van der Waals surface area contributed by atoms with Crippen molar-refractivity contribution in [3.8, 4) is 0 Å². The third kappa shape index (κ3) is 15.3. The minimum atomic E-state index is -1.36. The number of hydrogen-bond acceptors (Lipinski definition) is 10. The normalized spacial score (nSPS) is 22.7. The summed E-state index contributed by atoms with van der Waals surface area (Å²) in [6.45, 7) is 15.0. The van der Waals surface area contributed by atoms with Crippen LogP contribution in [0.15, 0.2) is 0 Å². The fourth-order valence-electron chi connectivity index (χ4n) is 3.13. The minimum Gasteiger partial charge on any atom is -0.450 e. The van der Waals surface area contributed by atoms with Crippen molar-refractivity contribution in [2.45, 2.75) is 110 Å². The number of ether oxygens (including phenoxy) is 5. The molecule has 0 aromatic carbocycles. The second-order valence-corrected chi connectivity index (χ2v) is 12.3. The molecule has 0 aromatic rings. The maximum absolute atomic E-state index is 13.1. The number of rotatable bonds is 3. The van der Waals surface area contributed by atoms with Crippen LogP contribution in [-0.2, 0) is 42.9 Å². The van der Waals surface area contributed by atoms with Gasteiger partial charge in [-0.3, -0.25) is 14.4 Å². The monoisotopic (exact) mass is 559 g/mol. The molecule has 0 saturated carbocycles. The van der Waals surface area contributed by atoms with Crippen LogP contribution in [0.2, 0.25) is 0 Å². The van der Waals surface area contributed by atoms with Crippen molar-refractivity contribution >= 4 is 29.8 Å². The van der Waals surface area contributed by atoms with Gasteiger partial charge in [-0.2, -0.15) is 0 Å². The van der Waals surface area contributed by atoms with Crippen LogP contribution in [0.1, 0.15) is 75.2 Å². The summed E-state index contributed by atoms with van der Waals surface area (Å²) in [7, 11) is 0. The average Bonchev–Trinajstić information content (AvgIpc) is 2.73. The van der Waals surface area contributed by atoms with Crippen molar-refractivity contribution in [3.63, 3.8) is 0 Å². The first-order chi connectivity index (χ1) is 17.8. The summed E-state index contributed by atoms with van der Waals surface area (Å²) in [5, 5.41) is 7.85. The molecule has 224 valence electrons. The van der Waals surface area contributed by atoms with Gasteiger partial charge in [-0.1, -0.05) is 0 Å². The molecular weight excluding hydrogens is 514 g/mol. The molecule has 39 heavy (non-hydrogen) atoms. The molecule has 2 unspecified atom stereocenters. The zero-order valence-electron chi connectivity index (χ0n) is 24.6. The quantitative estimate of drug-likeness (QED) is 0.339. The van der Waals surface area contributed by atoms with Crippen LogP contribution in [-0.4, -0.2) is 91.2 Å². The Morgan fingerprint density at radius 1 is 0.769 bits per heavy atom. The highest BCUT2D eigenvalue weighted by atomic mass is 16.6. The highest BCUT2D eigenvalue weighted by Crippen LogP contribution is 2.12. The lowest BCUT2D eigenvalue weighted by Gasteiger charge is -2.27. The van der Waals surface area contributed by atoms with Gasteiger partial charge in [0.2, 0.25) is 12.2 Å². The second kappa shape index (κ2) is 14.5. The standard InChI is InChI=1S/C26H45N3O10/c1-24(2,3)28-20(31)17-14-35-12-13-36-15-18(21(32)29-25(4,5)6)38-22(33)16(10-11-19(30)37-17)27-23(34)39-26(7,8)9/h16-18H,10-15H2,1-9H3,(H,27,34)(H,28,31)(H,29,32)/t16-,17?,18?/m0/s1. The first kappa shape index (κ1) is 34.1. The first-order valence-corrected chi connectivity index (χ1v) is 12.9. The highest BCUT2D eigenvalue weighted by molar-refractivity contribution is 5.88. The molecule has 3 amide bonds. The summed E-state index contributed by atoms with van der Waals surface area (Å²) in [4.78, 5) is 63.7. The molecule has 1 heterocycles. The van der Waals surface area contributed by atoms with Gasteiger partial charge in [0.15, 0.2) is 0 Å². The van der Waals surface area contributed by atoms with Crippen molar-refractivity contribution in [3.05, 3.63) is 0 Å². The third-order valence-corrected chi connectivity index (χ3v) is 4.64. The highest BCUT2D eigenvalue weighted by Gasteiger charge is 2.33. The second-order valence-electron chi connectivity index (χ2n) is 12.3. The number of amides is 3. The smallest absolute Gasteiger partial charge is 0.408 e. The minimum absolute atomic E-state index is 0.00199. The molecule has 1 fully saturated rings. The molecule has 1 aliphatic rings. The maximum Gasteiger partial charge on any atom is 0.408 e. The van der Waals surface area contributed by atoms with E-state index in [2.05, 4.69) is 16.0 Å². The summed E-state index contributed by atoms with van der Waals surface area (Å²) in [6.07, 6.45) is -4.12. The summed E-state index contributed by atoms with van der Waals surface area (Å²) >= 11 is 0. The predicted molar refractivity (Wildman–Crippen MR) is 140 cm³/mol. The summed E-state index contributed by atoms with van der Waals surface area (Å²) < 4.78 is 27.0. The Kier molecular flexibility index (Phi) is 12.6. The number of nitrogens with one attached hydrogen (secondary N) is 3. The molecule has 0 aliphatic carbocycles. The number of cyclic esters (lactones) is 2. The Labute approximate surface area is 230 Å². The lowest BCUT2D eigenvalue weighted by molar-refractivity contribution is -0.162. The Bertz CT molecular complexity index is 871. The van der Waals surface area contributed by atoms with Gasteiger partial charge in [0, 0.05) is 17.5 Å². The summed E-state index contributed by atoms with van der Waals surface area (Å²) in [6, 6.07) is -1.36. The van der Waals surface area contributed by atoms with E-state index >= 15 is 0 Å². The lowest BCUT2D eigenvalue weighted by atomic mass is 10.1. The van der Waals surface area contributed by atoms with Gasteiger partial charge in [0.1, 0.15) is 11.6 Å². The van der Waals surface area contributed by atoms with Crippen LogP contribution < -0.4 is 16.0 Å². The fraction of sp³-hybridized carbons (Fsp3) is 0.808. The SMILES string of the molecule is CC(C)(C)NC(=O)C1COCCOCC(C(=O)NC(C)(C)C)OC(=O)[C@@H](NC(=O)OC(C)(C)C)CCC(=O)O1. The van der Waals surface area contributed by atoms with E-state index < -0.39 is 64.8 Å². The van der Waals surface area contributed by atoms with Crippen LogP contribution >= 0.6 is 0 Å².